The zero-order chi connectivity index (χ0) is 17.7. The lowest BCUT2D eigenvalue weighted by molar-refractivity contribution is 0.129. The Morgan fingerprint density at radius 1 is 1.42 bits per heavy atom. The first-order valence-corrected chi connectivity index (χ1v) is 7.84. The second kappa shape index (κ2) is 7.48. The van der Waals surface area contributed by atoms with Crippen molar-refractivity contribution in [2.24, 2.45) is 0 Å². The average molecular weight is 336 g/mol. The molecule has 24 heavy (non-hydrogen) atoms. The number of urea groups is 1. The van der Waals surface area contributed by atoms with Crippen molar-refractivity contribution in [2.45, 2.75) is 58.2 Å². The van der Waals surface area contributed by atoms with Crippen molar-refractivity contribution in [3.05, 3.63) is 35.9 Å². The molecule has 0 aliphatic heterocycles. The lowest BCUT2D eigenvalue weighted by atomic mass is 9.97. The number of carbonyl (C=O) groups is 1. The second-order valence-corrected chi connectivity index (χ2v) is 6.76. The highest BCUT2D eigenvalue weighted by Gasteiger charge is 2.22. The molecule has 2 amide bonds. The van der Waals surface area contributed by atoms with E-state index < -0.39 is 6.10 Å². The summed E-state index contributed by atoms with van der Waals surface area (Å²) in [6.45, 7) is 7.87. The second-order valence-electron chi connectivity index (χ2n) is 6.76. The van der Waals surface area contributed by atoms with E-state index in [0.717, 1.165) is 0 Å². The van der Waals surface area contributed by atoms with Gasteiger partial charge in [-0.3, -0.25) is 0 Å². The summed E-state index contributed by atoms with van der Waals surface area (Å²) < 4.78 is 10.3. The first-order valence-electron chi connectivity index (χ1n) is 7.84. The molecule has 0 aromatic carbocycles. The molecule has 2 aromatic rings. The van der Waals surface area contributed by atoms with Gasteiger partial charge in [-0.2, -0.15) is 4.98 Å². The maximum absolute atomic E-state index is 11.9. The Morgan fingerprint density at radius 2 is 2.17 bits per heavy atom. The SMILES string of the molecule is CC(CC(O)c1ccco1)NC(=O)NCc1noc(C(C)(C)C)n1. The van der Waals surface area contributed by atoms with Crippen molar-refractivity contribution >= 4 is 6.03 Å². The highest BCUT2D eigenvalue weighted by atomic mass is 16.5. The molecule has 0 bridgehead atoms. The lowest BCUT2D eigenvalue weighted by Gasteiger charge is -2.16. The molecule has 2 aromatic heterocycles. The van der Waals surface area contributed by atoms with Crippen molar-refractivity contribution in [1.82, 2.24) is 20.8 Å². The zero-order valence-corrected chi connectivity index (χ0v) is 14.4. The number of rotatable bonds is 6. The van der Waals surface area contributed by atoms with E-state index in [2.05, 4.69) is 20.8 Å². The number of aliphatic hydroxyl groups excluding tert-OH is 1. The normalized spacial score (nSPS) is 14.2. The van der Waals surface area contributed by atoms with Crippen molar-refractivity contribution < 1.29 is 18.8 Å². The number of aliphatic hydroxyl groups is 1. The first-order chi connectivity index (χ1) is 11.3. The van der Waals surface area contributed by atoms with Crippen LogP contribution in [0.2, 0.25) is 0 Å². The van der Waals surface area contributed by atoms with Gasteiger partial charge in [-0.1, -0.05) is 25.9 Å². The Morgan fingerprint density at radius 3 is 2.75 bits per heavy atom. The topological polar surface area (TPSA) is 113 Å². The van der Waals surface area contributed by atoms with Crippen molar-refractivity contribution in [2.75, 3.05) is 0 Å². The third-order valence-corrected chi connectivity index (χ3v) is 3.34. The molecule has 2 unspecified atom stereocenters. The Labute approximate surface area is 140 Å². The van der Waals surface area contributed by atoms with Crippen LogP contribution in [0.1, 0.15) is 57.7 Å². The van der Waals surface area contributed by atoms with Crippen molar-refractivity contribution in [3.8, 4) is 0 Å². The molecule has 2 atom stereocenters. The van der Waals surface area contributed by atoms with Gasteiger partial charge in [0.2, 0.25) is 5.89 Å². The fraction of sp³-hybridized carbons (Fsp3) is 0.562. The molecular formula is C16H24N4O4. The molecule has 0 saturated heterocycles. The van der Waals surface area contributed by atoms with Crippen LogP contribution in [0.25, 0.3) is 0 Å². The third-order valence-electron chi connectivity index (χ3n) is 3.34. The van der Waals surface area contributed by atoms with E-state index in [0.29, 0.717) is 23.9 Å². The van der Waals surface area contributed by atoms with E-state index in [-0.39, 0.29) is 24.0 Å². The summed E-state index contributed by atoms with van der Waals surface area (Å²) in [4.78, 5) is 16.1. The predicted molar refractivity (Wildman–Crippen MR) is 86.1 cm³/mol. The van der Waals surface area contributed by atoms with Crippen LogP contribution in [-0.2, 0) is 12.0 Å². The fourth-order valence-corrected chi connectivity index (χ4v) is 2.06. The maximum Gasteiger partial charge on any atom is 0.315 e. The van der Waals surface area contributed by atoms with E-state index in [4.69, 9.17) is 8.94 Å². The molecule has 0 aliphatic carbocycles. The first kappa shape index (κ1) is 18.0. The average Bonchev–Trinajstić information content (AvgIpc) is 3.16. The van der Waals surface area contributed by atoms with Gasteiger partial charge in [-0.05, 0) is 19.1 Å². The molecule has 3 N–H and O–H groups in total. The van der Waals surface area contributed by atoms with Crippen LogP contribution in [0.5, 0.6) is 0 Å². The summed E-state index contributed by atoms with van der Waals surface area (Å²) in [6.07, 6.45) is 1.08. The number of nitrogens with zero attached hydrogens (tertiary/aromatic N) is 2. The molecule has 0 radical (unpaired) electrons. The Bertz CT molecular complexity index is 645. The van der Waals surface area contributed by atoms with Crippen LogP contribution < -0.4 is 10.6 Å². The molecule has 0 spiro atoms. The number of furan rings is 1. The molecule has 2 heterocycles. The number of hydrogen-bond acceptors (Lipinski definition) is 6. The summed E-state index contributed by atoms with van der Waals surface area (Å²) >= 11 is 0. The number of carbonyl (C=O) groups excluding carboxylic acids is 1. The highest BCUT2D eigenvalue weighted by Crippen LogP contribution is 2.20. The van der Waals surface area contributed by atoms with Gasteiger partial charge >= 0.3 is 6.03 Å². The number of nitrogens with one attached hydrogen (secondary N) is 2. The molecular weight excluding hydrogens is 312 g/mol. The van der Waals surface area contributed by atoms with Gasteiger partial charge in [-0.25, -0.2) is 4.79 Å². The highest BCUT2D eigenvalue weighted by molar-refractivity contribution is 5.74. The fourth-order valence-electron chi connectivity index (χ4n) is 2.06. The van der Waals surface area contributed by atoms with Gasteiger partial charge in [0.25, 0.3) is 0 Å². The summed E-state index contributed by atoms with van der Waals surface area (Å²) in [5.41, 5.74) is -0.232. The summed E-state index contributed by atoms with van der Waals surface area (Å²) in [7, 11) is 0. The Kier molecular flexibility index (Phi) is 5.61. The quantitative estimate of drug-likeness (QED) is 0.746. The summed E-state index contributed by atoms with van der Waals surface area (Å²) in [6, 6.07) is 2.80. The van der Waals surface area contributed by atoms with Crippen LogP contribution in [0, 0.1) is 0 Å². The molecule has 2 rings (SSSR count). The van der Waals surface area contributed by atoms with E-state index in [1.165, 1.54) is 6.26 Å². The Hall–Kier alpha value is -2.35. The van der Waals surface area contributed by atoms with Crippen LogP contribution in [0.15, 0.2) is 27.3 Å². The van der Waals surface area contributed by atoms with Crippen LogP contribution >= 0.6 is 0 Å². The number of aromatic nitrogens is 2. The van der Waals surface area contributed by atoms with Gasteiger partial charge < -0.3 is 24.7 Å². The van der Waals surface area contributed by atoms with E-state index in [1.54, 1.807) is 19.1 Å². The van der Waals surface area contributed by atoms with Gasteiger partial charge in [-0.15, -0.1) is 0 Å². The zero-order valence-electron chi connectivity index (χ0n) is 14.4. The van der Waals surface area contributed by atoms with Gasteiger partial charge in [0.1, 0.15) is 11.9 Å². The minimum Gasteiger partial charge on any atom is -0.467 e. The number of amides is 2. The smallest absolute Gasteiger partial charge is 0.315 e. The monoisotopic (exact) mass is 336 g/mol. The minimum absolute atomic E-state index is 0.166. The maximum atomic E-state index is 11.9. The summed E-state index contributed by atoms with van der Waals surface area (Å²) in [5.74, 6) is 1.42. The van der Waals surface area contributed by atoms with Gasteiger partial charge in [0.15, 0.2) is 5.82 Å². The largest absolute Gasteiger partial charge is 0.467 e. The Balaban J connectivity index is 1.75. The predicted octanol–water partition coefficient (Wildman–Crippen LogP) is 2.27. The molecule has 0 fully saturated rings. The minimum atomic E-state index is -0.762. The molecule has 0 saturated carbocycles. The van der Waals surface area contributed by atoms with Gasteiger partial charge in [0, 0.05) is 17.9 Å². The lowest BCUT2D eigenvalue weighted by Crippen LogP contribution is -2.41. The molecule has 0 aliphatic rings. The van der Waals surface area contributed by atoms with Crippen LogP contribution in [-0.4, -0.2) is 27.3 Å². The van der Waals surface area contributed by atoms with Crippen molar-refractivity contribution in [3.63, 3.8) is 0 Å². The van der Waals surface area contributed by atoms with Crippen LogP contribution in [0.3, 0.4) is 0 Å². The van der Waals surface area contributed by atoms with Gasteiger partial charge in [0.05, 0.1) is 12.8 Å². The number of hydrogen-bond donors (Lipinski definition) is 3. The molecule has 8 nitrogen and oxygen atoms in total. The standard InChI is InChI=1S/C16H24N4O4/c1-10(8-11(21)12-6-5-7-23-12)18-15(22)17-9-13-19-14(24-20-13)16(2,3)4/h5-7,10-11,21H,8-9H2,1-4H3,(H2,17,18,22). The van der Waals surface area contributed by atoms with E-state index >= 15 is 0 Å². The third kappa shape index (κ3) is 5.09. The summed E-state index contributed by atoms with van der Waals surface area (Å²) in [5, 5.41) is 19.2. The molecule has 132 valence electrons. The van der Waals surface area contributed by atoms with Crippen LogP contribution in [0.4, 0.5) is 4.79 Å². The van der Waals surface area contributed by atoms with E-state index in [1.807, 2.05) is 20.8 Å². The van der Waals surface area contributed by atoms with Crippen molar-refractivity contribution in [1.29, 1.82) is 0 Å². The molecule has 8 heteroatoms. The van der Waals surface area contributed by atoms with E-state index in [9.17, 15) is 9.90 Å².